The molecule has 3 heteroatoms. The average molecular weight is 155 g/mol. The zero-order valence-corrected chi connectivity index (χ0v) is 6.83. The molecule has 0 unspecified atom stereocenters. The number of rotatable bonds is 3. The van der Waals surface area contributed by atoms with Gasteiger partial charge in [-0.3, -0.25) is 9.69 Å². The van der Waals surface area contributed by atoms with E-state index in [1.807, 2.05) is 4.90 Å². The number of carbonyl (C=O) groups excluding carboxylic acids is 1. The zero-order chi connectivity index (χ0) is 8.10. The monoisotopic (exact) mass is 155 g/mol. The van der Waals surface area contributed by atoms with Crippen LogP contribution >= 0.6 is 0 Å². The van der Waals surface area contributed by atoms with Crippen LogP contribution < -0.4 is 0 Å². The van der Waals surface area contributed by atoms with Crippen molar-refractivity contribution in [2.24, 2.45) is 0 Å². The molecule has 0 aromatic carbocycles. The van der Waals surface area contributed by atoms with Gasteiger partial charge < -0.3 is 4.90 Å². The SMILES string of the molecule is [CH2]CCN1CCN(C=O)CC1. The molecule has 1 heterocycles. The van der Waals surface area contributed by atoms with E-state index in [0.717, 1.165) is 45.6 Å². The number of amides is 1. The van der Waals surface area contributed by atoms with Gasteiger partial charge in [-0.25, -0.2) is 0 Å². The summed E-state index contributed by atoms with van der Waals surface area (Å²) in [6.45, 7) is 8.63. The number of hydrogen-bond acceptors (Lipinski definition) is 2. The van der Waals surface area contributed by atoms with E-state index in [1.54, 1.807) is 0 Å². The van der Waals surface area contributed by atoms with Gasteiger partial charge in [-0.2, -0.15) is 0 Å². The fourth-order valence-corrected chi connectivity index (χ4v) is 1.32. The first kappa shape index (κ1) is 8.53. The van der Waals surface area contributed by atoms with E-state index in [0.29, 0.717) is 0 Å². The van der Waals surface area contributed by atoms with Gasteiger partial charge in [0.25, 0.3) is 0 Å². The number of hydrogen-bond donors (Lipinski definition) is 0. The van der Waals surface area contributed by atoms with Crippen LogP contribution in [0.3, 0.4) is 0 Å². The molecule has 1 aliphatic heterocycles. The van der Waals surface area contributed by atoms with Crippen LogP contribution in [0.5, 0.6) is 0 Å². The quantitative estimate of drug-likeness (QED) is 0.535. The fourth-order valence-electron chi connectivity index (χ4n) is 1.32. The second kappa shape index (κ2) is 4.34. The van der Waals surface area contributed by atoms with Crippen molar-refractivity contribution in [2.75, 3.05) is 32.7 Å². The van der Waals surface area contributed by atoms with Gasteiger partial charge in [0.2, 0.25) is 6.41 Å². The van der Waals surface area contributed by atoms with Crippen LogP contribution in [0.2, 0.25) is 0 Å². The van der Waals surface area contributed by atoms with Gasteiger partial charge in [-0.05, 0) is 13.0 Å². The van der Waals surface area contributed by atoms with E-state index in [4.69, 9.17) is 0 Å². The lowest BCUT2D eigenvalue weighted by atomic mass is 10.3. The van der Waals surface area contributed by atoms with Crippen molar-refractivity contribution in [2.45, 2.75) is 6.42 Å². The molecule has 1 rings (SSSR count). The fraction of sp³-hybridized carbons (Fsp3) is 0.750. The molecule has 1 amide bonds. The molecule has 1 fully saturated rings. The first-order chi connectivity index (χ1) is 5.36. The van der Waals surface area contributed by atoms with E-state index in [2.05, 4.69) is 11.8 Å². The molecule has 0 spiro atoms. The summed E-state index contributed by atoms with van der Waals surface area (Å²) in [5.74, 6) is 0. The van der Waals surface area contributed by atoms with Crippen molar-refractivity contribution in [3.63, 3.8) is 0 Å². The summed E-state index contributed by atoms with van der Waals surface area (Å²) in [5, 5.41) is 0. The van der Waals surface area contributed by atoms with E-state index < -0.39 is 0 Å². The third kappa shape index (κ3) is 2.50. The Bertz CT molecular complexity index is 119. The van der Waals surface area contributed by atoms with Gasteiger partial charge in [0, 0.05) is 26.2 Å². The van der Waals surface area contributed by atoms with Crippen LogP contribution in [0.1, 0.15) is 6.42 Å². The number of carbonyl (C=O) groups is 1. The van der Waals surface area contributed by atoms with Crippen LogP contribution in [0.25, 0.3) is 0 Å². The molecule has 0 aromatic heterocycles. The van der Waals surface area contributed by atoms with Crippen molar-refractivity contribution in [3.8, 4) is 0 Å². The predicted octanol–water partition coefficient (Wildman–Crippen LogP) is -0.0154. The topological polar surface area (TPSA) is 23.6 Å². The molecule has 0 aromatic rings. The van der Waals surface area contributed by atoms with E-state index in [9.17, 15) is 4.79 Å². The van der Waals surface area contributed by atoms with Crippen molar-refractivity contribution in [3.05, 3.63) is 6.92 Å². The van der Waals surface area contributed by atoms with Gasteiger partial charge in [-0.1, -0.05) is 6.92 Å². The highest BCUT2D eigenvalue weighted by Crippen LogP contribution is 1.99. The lowest BCUT2D eigenvalue weighted by Crippen LogP contribution is -2.45. The van der Waals surface area contributed by atoms with Crippen LogP contribution in [0.15, 0.2) is 0 Å². The maximum absolute atomic E-state index is 10.3. The summed E-state index contributed by atoms with van der Waals surface area (Å²) in [5.41, 5.74) is 0. The summed E-state index contributed by atoms with van der Waals surface area (Å²) in [6, 6.07) is 0. The molecule has 1 saturated heterocycles. The van der Waals surface area contributed by atoms with Crippen LogP contribution in [0.4, 0.5) is 0 Å². The van der Waals surface area contributed by atoms with Crippen molar-refractivity contribution < 1.29 is 4.79 Å². The minimum Gasteiger partial charge on any atom is -0.343 e. The van der Waals surface area contributed by atoms with Gasteiger partial charge in [0.15, 0.2) is 0 Å². The van der Waals surface area contributed by atoms with E-state index in [-0.39, 0.29) is 0 Å². The molecule has 0 aliphatic carbocycles. The molecular weight excluding hydrogens is 140 g/mol. The number of nitrogens with zero attached hydrogens (tertiary/aromatic N) is 2. The molecule has 3 nitrogen and oxygen atoms in total. The third-order valence-corrected chi connectivity index (χ3v) is 2.03. The Balaban J connectivity index is 2.18. The predicted molar refractivity (Wildman–Crippen MR) is 44.1 cm³/mol. The first-order valence-electron chi connectivity index (χ1n) is 4.08. The molecule has 1 radical (unpaired) electrons. The van der Waals surface area contributed by atoms with Gasteiger partial charge in [-0.15, -0.1) is 0 Å². The Morgan fingerprint density at radius 2 is 1.91 bits per heavy atom. The van der Waals surface area contributed by atoms with Crippen molar-refractivity contribution in [1.29, 1.82) is 0 Å². The lowest BCUT2D eigenvalue weighted by Gasteiger charge is -2.32. The average Bonchev–Trinajstić information content (AvgIpc) is 2.07. The standard InChI is InChI=1S/C8H15N2O/c1-2-3-9-4-6-10(8-11)7-5-9/h8H,1-7H2. The maximum Gasteiger partial charge on any atom is 0.209 e. The van der Waals surface area contributed by atoms with Crippen LogP contribution in [-0.2, 0) is 4.79 Å². The highest BCUT2D eigenvalue weighted by Gasteiger charge is 2.13. The van der Waals surface area contributed by atoms with Crippen molar-refractivity contribution in [1.82, 2.24) is 9.80 Å². The summed E-state index contributed by atoms with van der Waals surface area (Å²) >= 11 is 0. The Hall–Kier alpha value is -0.570. The molecule has 0 N–H and O–H groups in total. The number of piperazine rings is 1. The zero-order valence-electron chi connectivity index (χ0n) is 6.83. The molecule has 11 heavy (non-hydrogen) atoms. The Morgan fingerprint density at radius 1 is 1.27 bits per heavy atom. The Morgan fingerprint density at radius 3 is 2.36 bits per heavy atom. The Labute approximate surface area is 68.0 Å². The van der Waals surface area contributed by atoms with Gasteiger partial charge in [0.1, 0.15) is 0 Å². The summed E-state index contributed by atoms with van der Waals surface area (Å²) in [4.78, 5) is 14.5. The van der Waals surface area contributed by atoms with E-state index >= 15 is 0 Å². The van der Waals surface area contributed by atoms with Crippen LogP contribution in [0, 0.1) is 6.92 Å². The van der Waals surface area contributed by atoms with Crippen LogP contribution in [-0.4, -0.2) is 48.9 Å². The minimum atomic E-state index is 0.878. The van der Waals surface area contributed by atoms with E-state index in [1.165, 1.54) is 0 Å². The van der Waals surface area contributed by atoms with Gasteiger partial charge in [0.05, 0.1) is 0 Å². The second-order valence-corrected chi connectivity index (χ2v) is 2.84. The molecule has 0 bridgehead atoms. The minimum absolute atomic E-state index is 0.878. The third-order valence-electron chi connectivity index (χ3n) is 2.03. The smallest absolute Gasteiger partial charge is 0.209 e. The molecule has 63 valence electrons. The molecule has 0 atom stereocenters. The Kier molecular flexibility index (Phi) is 3.36. The maximum atomic E-state index is 10.3. The highest BCUT2D eigenvalue weighted by atomic mass is 16.1. The highest BCUT2D eigenvalue weighted by molar-refractivity contribution is 5.47. The lowest BCUT2D eigenvalue weighted by molar-refractivity contribution is -0.119. The summed E-state index contributed by atoms with van der Waals surface area (Å²) < 4.78 is 0. The summed E-state index contributed by atoms with van der Waals surface area (Å²) in [6.07, 6.45) is 1.89. The largest absolute Gasteiger partial charge is 0.343 e. The molecular formula is C8H15N2O. The van der Waals surface area contributed by atoms with Crippen molar-refractivity contribution >= 4 is 6.41 Å². The molecule has 0 saturated carbocycles. The second-order valence-electron chi connectivity index (χ2n) is 2.84. The molecule has 1 aliphatic rings. The van der Waals surface area contributed by atoms with Gasteiger partial charge >= 0.3 is 0 Å². The summed E-state index contributed by atoms with van der Waals surface area (Å²) in [7, 11) is 0. The normalized spacial score (nSPS) is 20.3. The first-order valence-corrected chi connectivity index (χ1v) is 4.08.